The molecule has 20 heavy (non-hydrogen) atoms. The molecule has 0 aromatic heterocycles. The number of rotatable bonds is 4. The van der Waals surface area contributed by atoms with Crippen LogP contribution in [0.1, 0.15) is 37.3 Å². The van der Waals surface area contributed by atoms with Crippen molar-refractivity contribution in [2.24, 2.45) is 0 Å². The van der Waals surface area contributed by atoms with Crippen LogP contribution < -0.4 is 10.1 Å². The van der Waals surface area contributed by atoms with E-state index in [1.807, 2.05) is 11.0 Å². The molecule has 4 nitrogen and oxygen atoms in total. The predicted octanol–water partition coefficient (Wildman–Crippen LogP) is 2.14. The lowest BCUT2D eigenvalue weighted by Crippen LogP contribution is -2.31. The highest BCUT2D eigenvalue weighted by Crippen LogP contribution is 2.27. The van der Waals surface area contributed by atoms with E-state index in [0.717, 1.165) is 25.4 Å². The lowest BCUT2D eigenvalue weighted by molar-refractivity contribution is -0.130. The van der Waals surface area contributed by atoms with Crippen LogP contribution in [-0.4, -0.2) is 37.6 Å². The maximum atomic E-state index is 12.0. The highest BCUT2D eigenvalue weighted by atomic mass is 16.5. The highest BCUT2D eigenvalue weighted by Gasteiger charge is 2.17. The molecule has 0 unspecified atom stereocenters. The fourth-order valence-electron chi connectivity index (χ4n) is 2.54. The topological polar surface area (TPSA) is 41.6 Å². The van der Waals surface area contributed by atoms with Gasteiger partial charge in [0.25, 0.3) is 0 Å². The summed E-state index contributed by atoms with van der Waals surface area (Å²) in [5.74, 6) is 1.57. The normalized spacial score (nSPS) is 16.4. The van der Waals surface area contributed by atoms with Crippen LogP contribution in [-0.2, 0) is 11.3 Å². The van der Waals surface area contributed by atoms with Crippen molar-refractivity contribution in [1.82, 2.24) is 10.2 Å². The minimum absolute atomic E-state index is 0.233. The van der Waals surface area contributed by atoms with Gasteiger partial charge in [-0.2, -0.15) is 0 Å². The second-order valence-corrected chi connectivity index (χ2v) is 5.55. The molecule has 2 rings (SSSR count). The van der Waals surface area contributed by atoms with E-state index in [0.29, 0.717) is 18.9 Å². The fraction of sp³-hybridized carbons (Fsp3) is 0.562. The van der Waals surface area contributed by atoms with Crippen molar-refractivity contribution in [3.63, 3.8) is 0 Å². The van der Waals surface area contributed by atoms with Gasteiger partial charge in [0.2, 0.25) is 5.91 Å². The van der Waals surface area contributed by atoms with Crippen molar-refractivity contribution >= 4 is 5.91 Å². The van der Waals surface area contributed by atoms with Gasteiger partial charge in [-0.25, -0.2) is 0 Å². The number of hydrogen-bond acceptors (Lipinski definition) is 3. The molecule has 1 saturated heterocycles. The third-order valence-electron chi connectivity index (χ3n) is 3.72. The first-order valence-corrected chi connectivity index (χ1v) is 7.27. The molecule has 1 heterocycles. The predicted molar refractivity (Wildman–Crippen MR) is 80.0 cm³/mol. The Morgan fingerprint density at radius 1 is 1.35 bits per heavy atom. The van der Waals surface area contributed by atoms with Crippen molar-refractivity contribution in [3.8, 4) is 5.75 Å². The van der Waals surface area contributed by atoms with Crippen LogP contribution in [0, 0.1) is 0 Å². The maximum absolute atomic E-state index is 12.0. The van der Waals surface area contributed by atoms with Gasteiger partial charge in [0, 0.05) is 32.6 Å². The van der Waals surface area contributed by atoms with Crippen LogP contribution in [0.5, 0.6) is 5.75 Å². The third-order valence-corrected chi connectivity index (χ3v) is 3.72. The summed E-state index contributed by atoms with van der Waals surface area (Å²) in [4.78, 5) is 14.0. The van der Waals surface area contributed by atoms with Crippen LogP contribution in [0.3, 0.4) is 0 Å². The molecule has 1 aliphatic rings. The number of nitrogens with one attached hydrogen (secondary N) is 1. The average Bonchev–Trinajstić information content (AvgIpc) is 2.64. The Morgan fingerprint density at radius 3 is 2.85 bits per heavy atom. The van der Waals surface area contributed by atoms with E-state index in [1.54, 1.807) is 7.11 Å². The molecule has 0 atom stereocenters. The summed E-state index contributed by atoms with van der Waals surface area (Å²) in [7, 11) is 1.70. The van der Waals surface area contributed by atoms with Gasteiger partial charge in [0.15, 0.2) is 0 Å². The number of carbonyl (C=O) groups is 1. The van der Waals surface area contributed by atoms with Crippen molar-refractivity contribution in [1.29, 1.82) is 0 Å². The van der Waals surface area contributed by atoms with Crippen molar-refractivity contribution in [2.75, 3.05) is 26.7 Å². The van der Waals surface area contributed by atoms with Crippen molar-refractivity contribution in [3.05, 3.63) is 29.3 Å². The average molecular weight is 276 g/mol. The molecule has 0 saturated carbocycles. The molecular formula is C16H24N2O2. The lowest BCUT2D eigenvalue weighted by atomic mass is 9.99. The Hall–Kier alpha value is -1.55. The second-order valence-electron chi connectivity index (χ2n) is 5.55. The van der Waals surface area contributed by atoms with Gasteiger partial charge in [-0.1, -0.05) is 26.0 Å². The van der Waals surface area contributed by atoms with Crippen LogP contribution in [0.2, 0.25) is 0 Å². The van der Waals surface area contributed by atoms with E-state index in [2.05, 4.69) is 31.3 Å². The van der Waals surface area contributed by atoms with E-state index in [-0.39, 0.29) is 5.91 Å². The van der Waals surface area contributed by atoms with Gasteiger partial charge in [0.05, 0.1) is 7.11 Å². The van der Waals surface area contributed by atoms with Gasteiger partial charge in [-0.15, -0.1) is 0 Å². The van der Waals surface area contributed by atoms with Gasteiger partial charge in [-0.3, -0.25) is 4.79 Å². The largest absolute Gasteiger partial charge is 0.496 e. The molecule has 1 aromatic rings. The quantitative estimate of drug-likeness (QED) is 0.916. The third kappa shape index (κ3) is 3.51. The minimum Gasteiger partial charge on any atom is -0.496 e. The molecule has 1 aromatic carbocycles. The second kappa shape index (κ2) is 6.75. The Bertz CT molecular complexity index is 472. The van der Waals surface area contributed by atoms with Gasteiger partial charge >= 0.3 is 0 Å². The molecule has 0 radical (unpaired) electrons. The zero-order valence-electron chi connectivity index (χ0n) is 12.6. The molecule has 1 fully saturated rings. The smallest absolute Gasteiger partial charge is 0.224 e. The molecule has 4 heteroatoms. The molecule has 0 bridgehead atoms. The number of carbonyl (C=O) groups excluding carboxylic acids is 1. The molecule has 0 aliphatic carbocycles. The standard InChI is InChI=1S/C16H24N2O2/c1-12(2)14-10-13(4-5-15(14)20-3)11-18-9-8-17-7-6-16(18)19/h4-5,10,12,17H,6-9,11H2,1-3H3. The first-order valence-electron chi connectivity index (χ1n) is 7.27. The molecule has 1 N–H and O–H groups in total. The zero-order valence-corrected chi connectivity index (χ0v) is 12.6. The van der Waals surface area contributed by atoms with Gasteiger partial charge < -0.3 is 15.0 Å². The number of methoxy groups -OCH3 is 1. The Labute approximate surface area is 121 Å². The number of amides is 1. The Kier molecular flexibility index (Phi) is 5.01. The number of ether oxygens (including phenoxy) is 1. The SMILES string of the molecule is COc1ccc(CN2CCNCCC2=O)cc1C(C)C. The maximum Gasteiger partial charge on any atom is 0.224 e. The Morgan fingerprint density at radius 2 is 2.15 bits per heavy atom. The first kappa shape index (κ1) is 14.9. The molecule has 1 aliphatic heterocycles. The van der Waals surface area contributed by atoms with E-state index >= 15 is 0 Å². The molecule has 110 valence electrons. The monoisotopic (exact) mass is 276 g/mol. The summed E-state index contributed by atoms with van der Waals surface area (Å²) < 4.78 is 5.40. The van der Waals surface area contributed by atoms with E-state index in [4.69, 9.17) is 4.74 Å². The highest BCUT2D eigenvalue weighted by molar-refractivity contribution is 5.76. The lowest BCUT2D eigenvalue weighted by Gasteiger charge is -2.21. The summed E-state index contributed by atoms with van der Waals surface area (Å²) in [5, 5.41) is 3.26. The van der Waals surface area contributed by atoms with Crippen molar-refractivity contribution < 1.29 is 9.53 Å². The van der Waals surface area contributed by atoms with Crippen molar-refractivity contribution in [2.45, 2.75) is 32.7 Å². The molecule has 1 amide bonds. The molecular weight excluding hydrogens is 252 g/mol. The Balaban J connectivity index is 2.16. The molecule has 0 spiro atoms. The summed E-state index contributed by atoms with van der Waals surface area (Å²) in [6, 6.07) is 6.22. The van der Waals surface area contributed by atoms with Gasteiger partial charge in [-0.05, 0) is 23.1 Å². The van der Waals surface area contributed by atoms with Crippen LogP contribution >= 0.6 is 0 Å². The summed E-state index contributed by atoms with van der Waals surface area (Å²) in [6.07, 6.45) is 0.590. The first-order chi connectivity index (χ1) is 9.61. The van der Waals surface area contributed by atoms with Crippen LogP contribution in [0.25, 0.3) is 0 Å². The van der Waals surface area contributed by atoms with Crippen LogP contribution in [0.15, 0.2) is 18.2 Å². The van der Waals surface area contributed by atoms with Crippen LogP contribution in [0.4, 0.5) is 0 Å². The number of benzene rings is 1. The zero-order chi connectivity index (χ0) is 14.5. The summed E-state index contributed by atoms with van der Waals surface area (Å²) in [5.41, 5.74) is 2.37. The number of nitrogens with zero attached hydrogens (tertiary/aromatic N) is 1. The van der Waals surface area contributed by atoms with E-state index in [9.17, 15) is 4.79 Å². The number of hydrogen-bond donors (Lipinski definition) is 1. The minimum atomic E-state index is 0.233. The summed E-state index contributed by atoms with van der Waals surface area (Å²) >= 11 is 0. The van der Waals surface area contributed by atoms with E-state index in [1.165, 1.54) is 11.1 Å². The fourth-order valence-corrected chi connectivity index (χ4v) is 2.54. The summed E-state index contributed by atoms with van der Waals surface area (Å²) in [6.45, 7) is 7.44. The van der Waals surface area contributed by atoms with E-state index < -0.39 is 0 Å². The van der Waals surface area contributed by atoms with Gasteiger partial charge in [0.1, 0.15) is 5.75 Å².